The summed E-state index contributed by atoms with van der Waals surface area (Å²) in [6.07, 6.45) is -3.01. The number of hydrogen-bond acceptors (Lipinski definition) is 5. The molecule has 0 aromatic heterocycles. The second-order valence-electron chi connectivity index (χ2n) is 6.95. The summed E-state index contributed by atoms with van der Waals surface area (Å²) in [5, 5.41) is 2.24. The first-order valence-electron chi connectivity index (χ1n) is 9.42. The van der Waals surface area contributed by atoms with E-state index >= 15 is 0 Å². The highest BCUT2D eigenvalue weighted by Gasteiger charge is 2.30. The Balaban J connectivity index is 1.64. The molecule has 0 saturated carbocycles. The summed E-state index contributed by atoms with van der Waals surface area (Å²) < 4.78 is 69.3. The molecule has 0 atom stereocenters. The van der Waals surface area contributed by atoms with Gasteiger partial charge >= 0.3 is 12.1 Å². The van der Waals surface area contributed by atoms with Crippen LogP contribution < -0.4 is 5.32 Å². The summed E-state index contributed by atoms with van der Waals surface area (Å²) in [5.74, 6) is -1.81. The van der Waals surface area contributed by atoms with Crippen molar-refractivity contribution in [3.05, 3.63) is 58.6 Å². The van der Waals surface area contributed by atoms with Crippen LogP contribution in [0.3, 0.4) is 0 Å². The van der Waals surface area contributed by atoms with E-state index in [0.717, 1.165) is 43.2 Å². The zero-order valence-corrected chi connectivity index (χ0v) is 18.1. The molecule has 0 aliphatic carbocycles. The van der Waals surface area contributed by atoms with Gasteiger partial charge in [-0.1, -0.05) is 11.6 Å². The Morgan fingerprint density at radius 1 is 1.06 bits per heavy atom. The van der Waals surface area contributed by atoms with Crippen LogP contribution in [0.4, 0.5) is 18.9 Å². The van der Waals surface area contributed by atoms with Crippen molar-refractivity contribution in [2.45, 2.75) is 23.9 Å². The Bertz CT molecular complexity index is 1120. The fraction of sp³-hybridized carbons (Fsp3) is 0.300. The number of hydrogen-bond donors (Lipinski definition) is 1. The van der Waals surface area contributed by atoms with E-state index in [0.29, 0.717) is 13.1 Å². The molecule has 0 bridgehead atoms. The maximum atomic E-state index is 12.7. The molecule has 0 spiro atoms. The van der Waals surface area contributed by atoms with E-state index in [1.54, 1.807) is 0 Å². The summed E-state index contributed by atoms with van der Waals surface area (Å²) >= 11 is 6.00. The van der Waals surface area contributed by atoms with Gasteiger partial charge in [0.1, 0.15) is 0 Å². The Kier molecular flexibility index (Phi) is 7.11. The van der Waals surface area contributed by atoms with Crippen molar-refractivity contribution < 1.29 is 35.9 Å². The van der Waals surface area contributed by atoms with Gasteiger partial charge < -0.3 is 10.1 Å². The average Bonchev–Trinajstić information content (AvgIpc) is 3.28. The van der Waals surface area contributed by atoms with E-state index in [1.165, 1.54) is 16.4 Å². The quantitative estimate of drug-likeness (QED) is 0.619. The number of rotatable bonds is 6. The van der Waals surface area contributed by atoms with Crippen LogP contribution in [0.25, 0.3) is 0 Å². The number of ether oxygens (including phenoxy) is 1. The molecule has 1 fully saturated rings. The Hall–Kier alpha value is -2.63. The van der Waals surface area contributed by atoms with Gasteiger partial charge in [-0.05, 0) is 55.3 Å². The van der Waals surface area contributed by atoms with Crippen LogP contribution in [-0.4, -0.2) is 44.3 Å². The minimum absolute atomic E-state index is 0.0569. The number of nitrogens with one attached hydrogen (secondary N) is 1. The lowest BCUT2D eigenvalue weighted by Crippen LogP contribution is -2.28. The van der Waals surface area contributed by atoms with Crippen LogP contribution in [0.5, 0.6) is 0 Å². The smallest absolute Gasteiger partial charge is 0.416 e. The van der Waals surface area contributed by atoms with Crippen molar-refractivity contribution in [2.75, 3.05) is 25.0 Å². The maximum Gasteiger partial charge on any atom is 0.416 e. The van der Waals surface area contributed by atoms with Crippen molar-refractivity contribution in [3.63, 3.8) is 0 Å². The topological polar surface area (TPSA) is 92.8 Å². The van der Waals surface area contributed by atoms with E-state index in [9.17, 15) is 31.2 Å². The van der Waals surface area contributed by atoms with Crippen molar-refractivity contribution in [2.24, 2.45) is 0 Å². The van der Waals surface area contributed by atoms with E-state index in [1.807, 2.05) is 0 Å². The summed E-state index contributed by atoms with van der Waals surface area (Å²) in [6, 6.07) is 7.35. The second-order valence-corrected chi connectivity index (χ2v) is 9.30. The predicted octanol–water partition coefficient (Wildman–Crippen LogP) is 3.94. The molecule has 1 N–H and O–H groups in total. The van der Waals surface area contributed by atoms with E-state index in [-0.39, 0.29) is 21.2 Å². The van der Waals surface area contributed by atoms with E-state index in [4.69, 9.17) is 16.3 Å². The highest BCUT2D eigenvalue weighted by molar-refractivity contribution is 7.89. The van der Waals surface area contributed by atoms with Crippen LogP contribution in [0.2, 0.25) is 5.02 Å². The molecule has 0 unspecified atom stereocenters. The third-order valence-electron chi connectivity index (χ3n) is 4.69. The lowest BCUT2D eigenvalue weighted by Gasteiger charge is -2.16. The first-order chi connectivity index (χ1) is 15.0. The minimum atomic E-state index is -4.51. The average molecular weight is 491 g/mol. The molecule has 1 amide bonds. The molecular formula is C20H18ClF3N2O5S. The fourth-order valence-corrected chi connectivity index (χ4v) is 4.79. The summed E-state index contributed by atoms with van der Waals surface area (Å²) in [5.41, 5.74) is -1.02. The Labute approximate surface area is 187 Å². The highest BCUT2D eigenvalue weighted by atomic mass is 35.5. The standard InChI is InChI=1S/C20H18ClF3N2O5S/c21-17-8-7-15(32(29,30)26-9-1-2-10-26)11-16(17)19(28)31-12-18(27)25-14-5-3-13(4-6-14)20(22,23)24/h3-8,11H,1-2,9-10,12H2,(H,25,27). The van der Waals surface area contributed by atoms with Gasteiger partial charge in [0, 0.05) is 18.8 Å². The van der Waals surface area contributed by atoms with Gasteiger partial charge in [-0.2, -0.15) is 17.5 Å². The highest BCUT2D eigenvalue weighted by Crippen LogP contribution is 2.30. The van der Waals surface area contributed by atoms with Crippen LogP contribution in [0.1, 0.15) is 28.8 Å². The SMILES string of the molecule is O=C(COC(=O)c1cc(S(=O)(=O)N2CCCC2)ccc1Cl)Nc1ccc(C(F)(F)F)cc1. The molecule has 1 heterocycles. The van der Waals surface area contributed by atoms with E-state index < -0.39 is 40.2 Å². The Morgan fingerprint density at radius 3 is 2.28 bits per heavy atom. The molecule has 1 aliphatic heterocycles. The molecule has 2 aromatic carbocycles. The van der Waals surface area contributed by atoms with Crippen molar-refractivity contribution in [1.29, 1.82) is 0 Å². The van der Waals surface area contributed by atoms with Crippen LogP contribution >= 0.6 is 11.6 Å². The molecule has 12 heteroatoms. The van der Waals surface area contributed by atoms with Gasteiger partial charge in [0.15, 0.2) is 6.61 Å². The first-order valence-corrected chi connectivity index (χ1v) is 11.2. The predicted molar refractivity (Wildman–Crippen MR) is 110 cm³/mol. The van der Waals surface area contributed by atoms with Crippen molar-refractivity contribution in [3.8, 4) is 0 Å². The lowest BCUT2D eigenvalue weighted by molar-refractivity contribution is -0.137. The third kappa shape index (κ3) is 5.59. The molecule has 2 aromatic rings. The van der Waals surface area contributed by atoms with Crippen molar-refractivity contribution in [1.82, 2.24) is 4.31 Å². The molecule has 32 heavy (non-hydrogen) atoms. The summed E-state index contributed by atoms with van der Waals surface area (Å²) in [6.45, 7) is 0.0169. The second kappa shape index (κ2) is 9.47. The minimum Gasteiger partial charge on any atom is -0.452 e. The zero-order valence-electron chi connectivity index (χ0n) is 16.5. The maximum absolute atomic E-state index is 12.7. The van der Waals surface area contributed by atoms with Gasteiger partial charge in [-0.3, -0.25) is 4.79 Å². The zero-order chi connectivity index (χ0) is 23.5. The molecule has 3 rings (SSSR count). The summed E-state index contributed by atoms with van der Waals surface area (Å²) in [7, 11) is -3.79. The molecular weight excluding hydrogens is 473 g/mol. The van der Waals surface area contributed by atoms with Gasteiger partial charge in [-0.15, -0.1) is 0 Å². The molecule has 1 aliphatic rings. The fourth-order valence-electron chi connectivity index (χ4n) is 3.05. The van der Waals surface area contributed by atoms with E-state index in [2.05, 4.69) is 5.32 Å². The molecule has 7 nitrogen and oxygen atoms in total. The number of sulfonamides is 1. The molecule has 172 valence electrons. The number of halogens is 4. The number of carbonyl (C=O) groups excluding carboxylic acids is 2. The number of esters is 1. The van der Waals surface area contributed by atoms with Gasteiger partial charge in [0.2, 0.25) is 10.0 Å². The number of carbonyl (C=O) groups is 2. The number of nitrogens with zero attached hydrogens (tertiary/aromatic N) is 1. The summed E-state index contributed by atoms with van der Waals surface area (Å²) in [4.78, 5) is 24.2. The first kappa shape index (κ1) is 24.0. The largest absolute Gasteiger partial charge is 0.452 e. The van der Waals surface area contributed by atoms with Crippen LogP contribution in [-0.2, 0) is 25.7 Å². The Morgan fingerprint density at radius 2 is 1.69 bits per heavy atom. The number of anilines is 1. The van der Waals surface area contributed by atoms with Crippen molar-refractivity contribution >= 4 is 39.2 Å². The van der Waals surface area contributed by atoms with Gasteiger partial charge in [0.05, 0.1) is 21.0 Å². The monoisotopic (exact) mass is 490 g/mol. The van der Waals surface area contributed by atoms with Gasteiger partial charge in [0.25, 0.3) is 5.91 Å². The molecule has 1 saturated heterocycles. The van der Waals surface area contributed by atoms with Crippen LogP contribution in [0, 0.1) is 0 Å². The number of amides is 1. The van der Waals surface area contributed by atoms with Crippen LogP contribution in [0.15, 0.2) is 47.4 Å². The molecule has 0 radical (unpaired) electrons. The lowest BCUT2D eigenvalue weighted by atomic mass is 10.2. The third-order valence-corrected chi connectivity index (χ3v) is 6.92. The number of benzene rings is 2. The van der Waals surface area contributed by atoms with Gasteiger partial charge in [-0.25, -0.2) is 13.2 Å². The number of alkyl halides is 3. The normalized spacial score (nSPS) is 14.9.